The molecule has 0 spiro atoms. The van der Waals surface area contributed by atoms with Crippen LogP contribution in [0.25, 0.3) is 11.8 Å². The quantitative estimate of drug-likeness (QED) is 0.813. The summed E-state index contributed by atoms with van der Waals surface area (Å²) in [7, 11) is 0. The van der Waals surface area contributed by atoms with Gasteiger partial charge in [-0.05, 0) is 30.2 Å². The van der Waals surface area contributed by atoms with Gasteiger partial charge in [0.2, 0.25) is 0 Å². The Kier molecular flexibility index (Phi) is 3.00. The van der Waals surface area contributed by atoms with E-state index in [2.05, 4.69) is 10.1 Å². The highest BCUT2D eigenvalue weighted by Crippen LogP contribution is 2.10. The first-order valence-corrected chi connectivity index (χ1v) is 5.03. The van der Waals surface area contributed by atoms with Crippen molar-refractivity contribution in [2.24, 2.45) is 0 Å². The van der Waals surface area contributed by atoms with Crippen molar-refractivity contribution < 1.29 is 9.90 Å². The number of carboxylic acid groups (broad SMARTS) is 1. The minimum atomic E-state index is -0.981. The minimum Gasteiger partial charge on any atom is -0.478 e. The standard InChI is InChI=1S/C12H11N3O2/c1-9-5-14-15(8-9)11-4-10(6-13-7-11)2-3-12(16)17/h2-8H,1H3,(H,16,17)/b3-2+. The van der Waals surface area contributed by atoms with Crippen LogP contribution < -0.4 is 0 Å². The number of hydrogen-bond donors (Lipinski definition) is 1. The fraction of sp³-hybridized carbons (Fsp3) is 0.0833. The van der Waals surface area contributed by atoms with Crippen molar-refractivity contribution in [1.82, 2.24) is 14.8 Å². The highest BCUT2D eigenvalue weighted by molar-refractivity contribution is 5.85. The zero-order chi connectivity index (χ0) is 12.3. The van der Waals surface area contributed by atoms with Gasteiger partial charge < -0.3 is 5.11 Å². The SMILES string of the molecule is Cc1cnn(-c2cncc(/C=C/C(=O)O)c2)c1. The lowest BCUT2D eigenvalue weighted by atomic mass is 10.2. The summed E-state index contributed by atoms with van der Waals surface area (Å²) < 4.78 is 1.69. The third kappa shape index (κ3) is 2.78. The Morgan fingerprint density at radius 2 is 2.24 bits per heavy atom. The molecule has 0 saturated carbocycles. The summed E-state index contributed by atoms with van der Waals surface area (Å²) in [4.78, 5) is 14.4. The van der Waals surface area contributed by atoms with Gasteiger partial charge >= 0.3 is 5.97 Å². The van der Waals surface area contributed by atoms with Crippen LogP contribution in [0.15, 0.2) is 36.9 Å². The number of hydrogen-bond acceptors (Lipinski definition) is 3. The van der Waals surface area contributed by atoms with Crippen LogP contribution in [0.5, 0.6) is 0 Å². The Morgan fingerprint density at radius 1 is 1.41 bits per heavy atom. The van der Waals surface area contributed by atoms with Crippen LogP contribution in [0.3, 0.4) is 0 Å². The molecule has 0 fully saturated rings. The first-order valence-electron chi connectivity index (χ1n) is 5.03. The highest BCUT2D eigenvalue weighted by atomic mass is 16.4. The summed E-state index contributed by atoms with van der Waals surface area (Å²) >= 11 is 0. The van der Waals surface area contributed by atoms with Crippen LogP contribution in [-0.4, -0.2) is 25.8 Å². The molecule has 0 atom stereocenters. The van der Waals surface area contributed by atoms with E-state index in [0.29, 0.717) is 0 Å². The van der Waals surface area contributed by atoms with Gasteiger partial charge in [-0.3, -0.25) is 4.98 Å². The summed E-state index contributed by atoms with van der Waals surface area (Å²) in [5.74, 6) is -0.981. The van der Waals surface area contributed by atoms with E-state index in [1.807, 2.05) is 19.2 Å². The van der Waals surface area contributed by atoms with Gasteiger partial charge in [0.25, 0.3) is 0 Å². The molecule has 2 aromatic rings. The Morgan fingerprint density at radius 3 is 2.88 bits per heavy atom. The Labute approximate surface area is 98.0 Å². The van der Waals surface area contributed by atoms with Gasteiger partial charge in [0, 0.05) is 18.5 Å². The molecule has 0 bridgehead atoms. The Balaban J connectivity index is 2.31. The van der Waals surface area contributed by atoms with Gasteiger partial charge in [-0.25, -0.2) is 9.48 Å². The van der Waals surface area contributed by atoms with Crippen molar-refractivity contribution >= 4 is 12.0 Å². The molecule has 0 unspecified atom stereocenters. The zero-order valence-corrected chi connectivity index (χ0v) is 9.24. The van der Waals surface area contributed by atoms with E-state index in [1.165, 1.54) is 6.08 Å². The van der Waals surface area contributed by atoms with E-state index in [0.717, 1.165) is 22.9 Å². The monoisotopic (exact) mass is 229 g/mol. The molecule has 2 rings (SSSR count). The van der Waals surface area contributed by atoms with Crippen LogP contribution in [0.2, 0.25) is 0 Å². The van der Waals surface area contributed by atoms with E-state index in [-0.39, 0.29) is 0 Å². The molecule has 5 nitrogen and oxygen atoms in total. The lowest BCUT2D eigenvalue weighted by Crippen LogP contribution is -1.95. The van der Waals surface area contributed by atoms with Crippen molar-refractivity contribution in [3.05, 3.63) is 48.1 Å². The van der Waals surface area contributed by atoms with Crippen molar-refractivity contribution in [2.45, 2.75) is 6.92 Å². The fourth-order valence-electron chi connectivity index (χ4n) is 1.38. The molecule has 0 aliphatic rings. The van der Waals surface area contributed by atoms with E-state index in [4.69, 9.17) is 5.11 Å². The van der Waals surface area contributed by atoms with Crippen molar-refractivity contribution in [3.8, 4) is 5.69 Å². The van der Waals surface area contributed by atoms with E-state index >= 15 is 0 Å². The third-order valence-electron chi connectivity index (χ3n) is 2.14. The lowest BCUT2D eigenvalue weighted by molar-refractivity contribution is -0.131. The van der Waals surface area contributed by atoms with Crippen molar-refractivity contribution in [3.63, 3.8) is 0 Å². The molecule has 0 aliphatic carbocycles. The predicted octanol–water partition coefficient (Wildman–Crippen LogP) is 1.67. The van der Waals surface area contributed by atoms with Gasteiger partial charge in [-0.2, -0.15) is 5.10 Å². The molecule has 0 amide bonds. The van der Waals surface area contributed by atoms with Gasteiger partial charge in [0.1, 0.15) is 0 Å². The average molecular weight is 229 g/mol. The number of rotatable bonds is 3. The molecule has 5 heteroatoms. The van der Waals surface area contributed by atoms with Crippen molar-refractivity contribution in [1.29, 1.82) is 0 Å². The Hall–Kier alpha value is -2.43. The first-order chi connectivity index (χ1) is 8.15. The highest BCUT2D eigenvalue weighted by Gasteiger charge is 1.99. The smallest absolute Gasteiger partial charge is 0.328 e. The number of aryl methyl sites for hydroxylation is 1. The van der Waals surface area contributed by atoms with Gasteiger partial charge in [-0.15, -0.1) is 0 Å². The normalized spacial score (nSPS) is 10.9. The summed E-state index contributed by atoms with van der Waals surface area (Å²) in [6, 6.07) is 1.82. The molecule has 2 heterocycles. The predicted molar refractivity (Wildman–Crippen MR) is 62.8 cm³/mol. The molecule has 0 radical (unpaired) electrons. The molecule has 2 aromatic heterocycles. The summed E-state index contributed by atoms with van der Waals surface area (Å²) in [5.41, 5.74) is 2.57. The number of carboxylic acids is 1. The second kappa shape index (κ2) is 4.61. The number of aromatic nitrogens is 3. The largest absolute Gasteiger partial charge is 0.478 e. The second-order valence-corrected chi connectivity index (χ2v) is 3.61. The van der Waals surface area contributed by atoms with Crippen LogP contribution in [0, 0.1) is 6.92 Å². The maximum absolute atomic E-state index is 10.4. The molecule has 0 aromatic carbocycles. The van der Waals surface area contributed by atoms with Crippen LogP contribution in [-0.2, 0) is 4.79 Å². The molecule has 0 saturated heterocycles. The number of aliphatic carboxylic acids is 1. The molecule has 17 heavy (non-hydrogen) atoms. The van der Waals surface area contributed by atoms with E-state index < -0.39 is 5.97 Å². The van der Waals surface area contributed by atoms with Gasteiger partial charge in [0.15, 0.2) is 0 Å². The average Bonchev–Trinajstić information content (AvgIpc) is 2.74. The second-order valence-electron chi connectivity index (χ2n) is 3.61. The van der Waals surface area contributed by atoms with Crippen molar-refractivity contribution in [2.75, 3.05) is 0 Å². The number of nitrogens with zero attached hydrogens (tertiary/aromatic N) is 3. The maximum atomic E-state index is 10.4. The minimum absolute atomic E-state index is 0.720. The van der Waals surface area contributed by atoms with Gasteiger partial charge in [0.05, 0.1) is 18.1 Å². The zero-order valence-electron chi connectivity index (χ0n) is 9.24. The van der Waals surface area contributed by atoms with E-state index in [9.17, 15) is 4.79 Å². The third-order valence-corrected chi connectivity index (χ3v) is 2.14. The van der Waals surface area contributed by atoms with Crippen LogP contribution in [0.4, 0.5) is 0 Å². The summed E-state index contributed by atoms with van der Waals surface area (Å²) in [5, 5.41) is 12.7. The van der Waals surface area contributed by atoms with Crippen LogP contribution >= 0.6 is 0 Å². The molecule has 0 aliphatic heterocycles. The molecular weight excluding hydrogens is 218 g/mol. The maximum Gasteiger partial charge on any atom is 0.328 e. The number of carbonyl (C=O) groups is 1. The molecule has 86 valence electrons. The van der Waals surface area contributed by atoms with E-state index in [1.54, 1.807) is 23.3 Å². The van der Waals surface area contributed by atoms with Gasteiger partial charge in [-0.1, -0.05) is 0 Å². The molecular formula is C12H11N3O2. The summed E-state index contributed by atoms with van der Waals surface area (Å²) in [6.45, 7) is 1.95. The summed E-state index contributed by atoms with van der Waals surface area (Å²) in [6.07, 6.45) is 9.47. The number of pyridine rings is 1. The molecule has 1 N–H and O–H groups in total. The van der Waals surface area contributed by atoms with Crippen LogP contribution in [0.1, 0.15) is 11.1 Å². The Bertz CT molecular complexity index is 573. The fourth-order valence-corrected chi connectivity index (χ4v) is 1.38. The first kappa shape index (κ1) is 11.1. The topological polar surface area (TPSA) is 68.0 Å². The lowest BCUT2D eigenvalue weighted by Gasteiger charge is -2.01.